The molecule has 2 aromatic rings. The second kappa shape index (κ2) is 7.80. The minimum atomic E-state index is -0.156. The molecule has 1 atom stereocenters. The molecule has 116 valence electrons. The number of hydrogen-bond acceptors (Lipinski definition) is 2. The molecule has 21 heavy (non-hydrogen) atoms. The van der Waals surface area contributed by atoms with E-state index >= 15 is 0 Å². The number of benzene rings is 1. The third kappa shape index (κ3) is 4.20. The van der Waals surface area contributed by atoms with Crippen molar-refractivity contribution in [2.45, 2.75) is 52.0 Å². The number of nitrogens with one attached hydrogen (secondary N) is 3. The number of aromatic nitrogens is 2. The van der Waals surface area contributed by atoms with Crippen LogP contribution in [0.5, 0.6) is 0 Å². The average Bonchev–Trinajstić information content (AvgIpc) is 2.80. The van der Waals surface area contributed by atoms with Gasteiger partial charge in [-0.15, -0.1) is 0 Å². The van der Waals surface area contributed by atoms with Crippen LogP contribution in [0.4, 0.5) is 0 Å². The Labute approximate surface area is 133 Å². The topological polar surface area (TPSA) is 60.7 Å². The highest BCUT2D eigenvalue weighted by molar-refractivity contribution is 9.10. The van der Waals surface area contributed by atoms with Gasteiger partial charge < -0.3 is 15.3 Å². The van der Waals surface area contributed by atoms with Gasteiger partial charge in [0.25, 0.3) is 0 Å². The molecule has 0 bridgehead atoms. The Morgan fingerprint density at radius 1 is 1.14 bits per heavy atom. The number of aromatic amines is 2. The van der Waals surface area contributed by atoms with Crippen molar-refractivity contribution in [3.05, 3.63) is 32.7 Å². The molecule has 0 saturated heterocycles. The largest absolute Gasteiger partial charge is 0.323 e. The number of imidazole rings is 1. The number of H-pyrrole nitrogens is 2. The van der Waals surface area contributed by atoms with Crippen molar-refractivity contribution in [1.82, 2.24) is 15.3 Å². The summed E-state index contributed by atoms with van der Waals surface area (Å²) in [6.45, 7) is 5.30. The van der Waals surface area contributed by atoms with Crippen LogP contribution in [-0.4, -0.2) is 16.5 Å². The van der Waals surface area contributed by atoms with Crippen molar-refractivity contribution < 1.29 is 0 Å². The Balaban J connectivity index is 2.21. The Bertz CT molecular complexity index is 632. The number of halogens is 1. The summed E-state index contributed by atoms with van der Waals surface area (Å²) in [6, 6.07) is 4.38. The van der Waals surface area contributed by atoms with Gasteiger partial charge in [0.15, 0.2) is 0 Å². The minimum Gasteiger partial charge on any atom is -0.310 e. The molecule has 0 radical (unpaired) electrons. The first-order valence-electron chi connectivity index (χ1n) is 7.80. The van der Waals surface area contributed by atoms with E-state index in [9.17, 15) is 4.79 Å². The maximum absolute atomic E-state index is 11.4. The third-order valence-corrected chi connectivity index (χ3v) is 4.49. The monoisotopic (exact) mass is 353 g/mol. The molecule has 4 nitrogen and oxygen atoms in total. The number of unbranched alkanes of at least 4 members (excludes halogenated alkanes) is 3. The van der Waals surface area contributed by atoms with E-state index in [1.165, 1.54) is 31.2 Å². The van der Waals surface area contributed by atoms with Crippen LogP contribution in [0.3, 0.4) is 0 Å². The van der Waals surface area contributed by atoms with E-state index in [2.05, 4.69) is 51.1 Å². The number of fused-ring (bicyclic) bond motifs is 1. The van der Waals surface area contributed by atoms with E-state index in [-0.39, 0.29) is 5.69 Å². The van der Waals surface area contributed by atoms with Gasteiger partial charge in [0.2, 0.25) is 0 Å². The molecule has 3 N–H and O–H groups in total. The first kappa shape index (κ1) is 16.3. The summed E-state index contributed by atoms with van der Waals surface area (Å²) >= 11 is 3.64. The second-order valence-electron chi connectivity index (χ2n) is 5.46. The Morgan fingerprint density at radius 2 is 1.86 bits per heavy atom. The van der Waals surface area contributed by atoms with E-state index in [0.29, 0.717) is 6.04 Å². The van der Waals surface area contributed by atoms with Gasteiger partial charge in [-0.3, -0.25) is 0 Å². The maximum atomic E-state index is 11.4. The van der Waals surface area contributed by atoms with Crippen molar-refractivity contribution >= 4 is 27.0 Å². The van der Waals surface area contributed by atoms with Gasteiger partial charge in [-0.05, 0) is 30.7 Å². The van der Waals surface area contributed by atoms with Crippen LogP contribution in [0.15, 0.2) is 21.4 Å². The van der Waals surface area contributed by atoms with Gasteiger partial charge in [0.05, 0.1) is 11.0 Å². The van der Waals surface area contributed by atoms with E-state index in [1.54, 1.807) is 0 Å². The molecule has 1 heterocycles. The Hall–Kier alpha value is -1.07. The predicted molar refractivity (Wildman–Crippen MR) is 91.8 cm³/mol. The van der Waals surface area contributed by atoms with Crippen molar-refractivity contribution in [1.29, 1.82) is 0 Å². The molecule has 2 rings (SSSR count). The van der Waals surface area contributed by atoms with Gasteiger partial charge in [0, 0.05) is 10.5 Å². The summed E-state index contributed by atoms with van der Waals surface area (Å²) in [7, 11) is 0. The summed E-state index contributed by atoms with van der Waals surface area (Å²) in [5, 5.41) is 3.56. The lowest BCUT2D eigenvalue weighted by Gasteiger charge is -2.20. The zero-order chi connectivity index (χ0) is 15.2. The van der Waals surface area contributed by atoms with Crippen LogP contribution in [0.25, 0.3) is 11.0 Å². The number of hydrogen-bond donors (Lipinski definition) is 3. The molecule has 1 aromatic carbocycles. The van der Waals surface area contributed by atoms with Crippen LogP contribution in [0.1, 0.15) is 57.6 Å². The van der Waals surface area contributed by atoms with Crippen molar-refractivity contribution in [2.75, 3.05) is 6.54 Å². The van der Waals surface area contributed by atoms with Crippen LogP contribution < -0.4 is 11.0 Å². The smallest absolute Gasteiger partial charge is 0.310 e. The Kier molecular flexibility index (Phi) is 6.06. The van der Waals surface area contributed by atoms with E-state index < -0.39 is 0 Å². The van der Waals surface area contributed by atoms with E-state index in [1.807, 2.05) is 6.07 Å². The zero-order valence-corrected chi connectivity index (χ0v) is 14.3. The van der Waals surface area contributed by atoms with Crippen LogP contribution in [0, 0.1) is 0 Å². The fraction of sp³-hybridized carbons (Fsp3) is 0.562. The Morgan fingerprint density at radius 3 is 2.52 bits per heavy atom. The minimum absolute atomic E-state index is 0.156. The first-order valence-corrected chi connectivity index (χ1v) is 8.59. The lowest BCUT2D eigenvalue weighted by molar-refractivity contribution is 0.481. The molecule has 0 aliphatic heterocycles. The highest BCUT2D eigenvalue weighted by atomic mass is 79.9. The summed E-state index contributed by atoms with van der Waals surface area (Å²) < 4.78 is 1.05. The van der Waals surface area contributed by atoms with Gasteiger partial charge in [-0.2, -0.15) is 0 Å². The normalized spacial score (nSPS) is 12.9. The molecule has 0 saturated carbocycles. The summed E-state index contributed by atoms with van der Waals surface area (Å²) in [5.74, 6) is 0. The van der Waals surface area contributed by atoms with Crippen LogP contribution in [-0.2, 0) is 0 Å². The SMILES string of the molecule is CCCCCCC(NCC)c1cc2[nH]c(=O)[nH]c2cc1Br. The quantitative estimate of drug-likeness (QED) is 0.621. The molecule has 0 aliphatic carbocycles. The van der Waals surface area contributed by atoms with E-state index in [4.69, 9.17) is 0 Å². The molecule has 0 amide bonds. The summed E-state index contributed by atoms with van der Waals surface area (Å²) in [6.07, 6.45) is 6.17. The predicted octanol–water partition coefficient (Wildman–Crippen LogP) is 4.24. The van der Waals surface area contributed by atoms with E-state index in [0.717, 1.165) is 28.5 Å². The molecule has 5 heteroatoms. The van der Waals surface area contributed by atoms with Crippen molar-refractivity contribution in [2.24, 2.45) is 0 Å². The average molecular weight is 354 g/mol. The standard InChI is InChI=1S/C16H24BrN3O/c1-3-5-6-7-8-13(18-4-2)11-9-14-15(10-12(11)17)20-16(21)19-14/h9-10,13,18H,3-8H2,1-2H3,(H2,19,20,21). The van der Waals surface area contributed by atoms with Gasteiger partial charge in [0.1, 0.15) is 0 Å². The van der Waals surface area contributed by atoms with Crippen LogP contribution >= 0.6 is 15.9 Å². The highest BCUT2D eigenvalue weighted by Gasteiger charge is 2.15. The highest BCUT2D eigenvalue weighted by Crippen LogP contribution is 2.30. The summed E-state index contributed by atoms with van der Waals surface area (Å²) in [5.41, 5.74) is 2.78. The molecule has 0 fully saturated rings. The molecular weight excluding hydrogens is 330 g/mol. The van der Waals surface area contributed by atoms with Crippen molar-refractivity contribution in [3.63, 3.8) is 0 Å². The maximum Gasteiger partial charge on any atom is 0.323 e. The van der Waals surface area contributed by atoms with Gasteiger partial charge in [-0.1, -0.05) is 55.5 Å². The molecule has 1 unspecified atom stereocenters. The molecule has 0 aliphatic rings. The third-order valence-electron chi connectivity index (χ3n) is 3.81. The van der Waals surface area contributed by atoms with Crippen LogP contribution in [0.2, 0.25) is 0 Å². The fourth-order valence-electron chi connectivity index (χ4n) is 2.73. The summed E-state index contributed by atoms with van der Waals surface area (Å²) in [4.78, 5) is 17.0. The van der Waals surface area contributed by atoms with Crippen molar-refractivity contribution in [3.8, 4) is 0 Å². The second-order valence-corrected chi connectivity index (χ2v) is 6.31. The molecule has 1 aromatic heterocycles. The lowest BCUT2D eigenvalue weighted by Crippen LogP contribution is -2.21. The van der Waals surface area contributed by atoms with Gasteiger partial charge >= 0.3 is 5.69 Å². The fourth-order valence-corrected chi connectivity index (χ4v) is 3.35. The van der Waals surface area contributed by atoms with Gasteiger partial charge in [-0.25, -0.2) is 4.79 Å². The first-order chi connectivity index (χ1) is 10.2. The number of rotatable bonds is 8. The zero-order valence-electron chi connectivity index (χ0n) is 12.8. The molecule has 0 spiro atoms. The molecular formula is C16H24BrN3O. The lowest BCUT2D eigenvalue weighted by atomic mass is 9.99.